The monoisotopic (exact) mass is 385 g/mol. The van der Waals surface area contributed by atoms with Gasteiger partial charge in [-0.2, -0.15) is 0 Å². The van der Waals surface area contributed by atoms with E-state index in [2.05, 4.69) is 4.98 Å². The molecule has 0 radical (unpaired) electrons. The number of aromatic nitrogens is 1. The Bertz CT molecular complexity index is 814. The van der Waals surface area contributed by atoms with Crippen molar-refractivity contribution in [3.05, 3.63) is 72.8 Å². The fraction of sp³-hybridized carbons (Fsp3) is 0.182. The van der Waals surface area contributed by atoms with Gasteiger partial charge in [-0.1, -0.05) is 60.7 Å². The number of carboxylic acid groups (broad SMARTS) is 1. The molecule has 0 spiro atoms. The van der Waals surface area contributed by atoms with Crippen LogP contribution in [0.2, 0.25) is 0 Å². The number of ether oxygens (including phenoxy) is 2. The van der Waals surface area contributed by atoms with Crippen LogP contribution in [0.15, 0.2) is 72.8 Å². The van der Waals surface area contributed by atoms with E-state index in [0.717, 1.165) is 22.4 Å². The van der Waals surface area contributed by atoms with E-state index >= 15 is 0 Å². The number of carboxylic acids is 1. The third-order valence-electron chi connectivity index (χ3n) is 3.88. The number of nitrogens with zero attached hydrogens (tertiary/aromatic N) is 1. The van der Waals surface area contributed by atoms with Crippen LogP contribution in [0.5, 0.6) is 5.88 Å². The standard InChI is InChI=1S/C22H21NO4.Na/c24-22(25)16-26-12-7-13-27-21-15-19(17-8-3-1-4-9-17)14-20(23-21)18-10-5-2-6-11-18;/h1-6,8-11,14-15H,7,12-13,16H2,(H,24,25);/q;+1/p-1. The van der Waals surface area contributed by atoms with Crippen LogP contribution >= 0.6 is 0 Å². The summed E-state index contributed by atoms with van der Waals surface area (Å²) in [5.74, 6) is -0.698. The first-order valence-electron chi connectivity index (χ1n) is 8.76. The quantitative estimate of drug-likeness (QED) is 0.382. The molecule has 1 aromatic heterocycles. The van der Waals surface area contributed by atoms with E-state index in [4.69, 9.17) is 9.47 Å². The summed E-state index contributed by atoms with van der Waals surface area (Å²) >= 11 is 0. The molecule has 0 N–H and O–H groups in total. The predicted octanol–water partition coefficient (Wildman–Crippen LogP) is -0.0450. The van der Waals surface area contributed by atoms with Crippen LogP contribution in [0.1, 0.15) is 6.42 Å². The molecule has 0 saturated heterocycles. The number of benzene rings is 2. The maximum absolute atomic E-state index is 10.3. The summed E-state index contributed by atoms with van der Waals surface area (Å²) in [6, 6.07) is 23.9. The van der Waals surface area contributed by atoms with Crippen molar-refractivity contribution in [1.29, 1.82) is 0 Å². The van der Waals surface area contributed by atoms with Crippen molar-refractivity contribution < 1.29 is 48.9 Å². The van der Waals surface area contributed by atoms with Gasteiger partial charge in [-0.15, -0.1) is 0 Å². The van der Waals surface area contributed by atoms with Gasteiger partial charge in [0.2, 0.25) is 5.88 Å². The molecule has 0 aliphatic carbocycles. The Morgan fingerprint density at radius 1 is 0.857 bits per heavy atom. The van der Waals surface area contributed by atoms with E-state index in [9.17, 15) is 9.90 Å². The van der Waals surface area contributed by atoms with Gasteiger partial charge in [0.1, 0.15) is 0 Å². The predicted molar refractivity (Wildman–Crippen MR) is 101 cm³/mol. The first-order chi connectivity index (χ1) is 13.2. The Balaban J connectivity index is 0.00000280. The smallest absolute Gasteiger partial charge is 0.548 e. The van der Waals surface area contributed by atoms with Crippen molar-refractivity contribution in [3.8, 4) is 28.3 Å². The molecule has 6 heteroatoms. The minimum atomic E-state index is -1.22. The Morgan fingerprint density at radius 2 is 1.50 bits per heavy atom. The summed E-state index contributed by atoms with van der Waals surface area (Å²) in [6.45, 7) is 0.268. The third kappa shape index (κ3) is 6.77. The largest absolute Gasteiger partial charge is 1.00 e. The summed E-state index contributed by atoms with van der Waals surface area (Å²) in [7, 11) is 0. The van der Waals surface area contributed by atoms with Crippen LogP contribution in [0.4, 0.5) is 0 Å². The number of pyridine rings is 1. The molecule has 0 aliphatic heterocycles. The number of rotatable bonds is 9. The number of aliphatic carboxylic acids is 1. The fourth-order valence-corrected chi connectivity index (χ4v) is 2.63. The normalized spacial score (nSPS) is 10.1. The van der Waals surface area contributed by atoms with E-state index in [1.807, 2.05) is 72.8 Å². The van der Waals surface area contributed by atoms with Crippen LogP contribution in [-0.2, 0) is 9.53 Å². The summed E-state index contributed by atoms with van der Waals surface area (Å²) in [5, 5.41) is 10.3. The zero-order valence-electron chi connectivity index (χ0n) is 15.8. The van der Waals surface area contributed by atoms with Crippen LogP contribution in [-0.4, -0.2) is 30.8 Å². The first-order valence-corrected chi connectivity index (χ1v) is 8.76. The van der Waals surface area contributed by atoms with Crippen molar-refractivity contribution in [3.63, 3.8) is 0 Å². The van der Waals surface area contributed by atoms with Crippen molar-refractivity contribution in [2.24, 2.45) is 0 Å². The van der Waals surface area contributed by atoms with Crippen molar-refractivity contribution in [2.75, 3.05) is 19.8 Å². The second-order valence-electron chi connectivity index (χ2n) is 5.94. The van der Waals surface area contributed by atoms with E-state index < -0.39 is 12.6 Å². The van der Waals surface area contributed by atoms with E-state index in [1.54, 1.807) is 0 Å². The van der Waals surface area contributed by atoms with E-state index in [1.165, 1.54) is 0 Å². The van der Waals surface area contributed by atoms with Gasteiger partial charge in [0.15, 0.2) is 0 Å². The number of carbonyl (C=O) groups excluding carboxylic acids is 1. The van der Waals surface area contributed by atoms with Crippen LogP contribution < -0.4 is 39.4 Å². The number of carbonyl (C=O) groups is 1. The molecule has 0 atom stereocenters. The molecule has 0 unspecified atom stereocenters. The van der Waals surface area contributed by atoms with E-state index in [0.29, 0.717) is 18.9 Å². The molecule has 3 aromatic rings. The van der Waals surface area contributed by atoms with Gasteiger partial charge >= 0.3 is 29.6 Å². The molecule has 138 valence electrons. The second kappa shape index (κ2) is 11.6. The van der Waals surface area contributed by atoms with Crippen LogP contribution in [0, 0.1) is 0 Å². The molecule has 3 rings (SSSR count). The molecule has 1 heterocycles. The summed E-state index contributed by atoms with van der Waals surface area (Å²) in [6.07, 6.45) is 0.561. The molecular formula is C22H20NNaO4. The molecule has 0 saturated carbocycles. The van der Waals surface area contributed by atoms with E-state index in [-0.39, 0.29) is 36.2 Å². The van der Waals surface area contributed by atoms with Crippen LogP contribution in [0.25, 0.3) is 22.4 Å². The Morgan fingerprint density at radius 3 is 2.14 bits per heavy atom. The molecule has 0 amide bonds. The molecule has 0 fully saturated rings. The number of hydrogen-bond acceptors (Lipinski definition) is 5. The summed E-state index contributed by atoms with van der Waals surface area (Å²) in [5.41, 5.74) is 3.95. The van der Waals surface area contributed by atoms with Crippen LogP contribution in [0.3, 0.4) is 0 Å². The number of hydrogen-bond donors (Lipinski definition) is 0. The maximum atomic E-state index is 10.3. The van der Waals surface area contributed by atoms with Gasteiger partial charge in [-0.25, -0.2) is 4.98 Å². The van der Waals surface area contributed by atoms with Gasteiger partial charge in [0, 0.05) is 18.1 Å². The zero-order valence-corrected chi connectivity index (χ0v) is 17.8. The second-order valence-corrected chi connectivity index (χ2v) is 5.94. The van der Waals surface area contributed by atoms with Crippen molar-refractivity contribution in [2.45, 2.75) is 6.42 Å². The minimum absolute atomic E-state index is 0. The molecule has 0 bridgehead atoms. The molecule has 28 heavy (non-hydrogen) atoms. The van der Waals surface area contributed by atoms with Gasteiger partial charge in [0.05, 0.1) is 31.5 Å². The summed E-state index contributed by atoms with van der Waals surface area (Å²) < 4.78 is 10.7. The molecular weight excluding hydrogens is 365 g/mol. The summed E-state index contributed by atoms with van der Waals surface area (Å²) in [4.78, 5) is 14.9. The SMILES string of the molecule is O=C([O-])COCCCOc1cc(-c2ccccc2)cc(-c2ccccc2)n1.[Na+]. The van der Waals surface area contributed by atoms with Gasteiger partial charge in [0.25, 0.3) is 0 Å². The van der Waals surface area contributed by atoms with Gasteiger partial charge < -0.3 is 19.4 Å². The van der Waals surface area contributed by atoms with Crippen molar-refractivity contribution >= 4 is 5.97 Å². The average Bonchev–Trinajstić information content (AvgIpc) is 2.71. The topological polar surface area (TPSA) is 71.5 Å². The third-order valence-corrected chi connectivity index (χ3v) is 3.88. The van der Waals surface area contributed by atoms with Gasteiger partial charge in [-0.05, 0) is 17.2 Å². The average molecular weight is 385 g/mol. The first kappa shape index (κ1) is 22.1. The molecule has 2 aromatic carbocycles. The Labute approximate surface area is 186 Å². The molecule has 5 nitrogen and oxygen atoms in total. The fourth-order valence-electron chi connectivity index (χ4n) is 2.63. The Kier molecular flexibility index (Phi) is 9.17. The minimum Gasteiger partial charge on any atom is -0.548 e. The Hall–Kier alpha value is -2.18. The zero-order chi connectivity index (χ0) is 18.9. The molecule has 0 aliphatic rings. The maximum Gasteiger partial charge on any atom is 1.00 e. The van der Waals surface area contributed by atoms with Crippen molar-refractivity contribution in [1.82, 2.24) is 4.98 Å². The van der Waals surface area contributed by atoms with Gasteiger partial charge in [-0.3, -0.25) is 0 Å².